The summed E-state index contributed by atoms with van der Waals surface area (Å²) in [5.74, 6) is 1.80. The van der Waals surface area contributed by atoms with Gasteiger partial charge in [0.25, 0.3) is 0 Å². The van der Waals surface area contributed by atoms with Gasteiger partial charge in [-0.3, -0.25) is 0 Å². The third-order valence-corrected chi connectivity index (χ3v) is 5.75. The highest BCUT2D eigenvalue weighted by Crippen LogP contribution is 2.34. The molecule has 1 aromatic carbocycles. The van der Waals surface area contributed by atoms with E-state index in [0.29, 0.717) is 0 Å². The maximum absolute atomic E-state index is 4.75. The van der Waals surface area contributed by atoms with Crippen LogP contribution in [0.5, 0.6) is 0 Å². The molecule has 4 nitrogen and oxygen atoms in total. The fourth-order valence-electron chi connectivity index (χ4n) is 3.02. The summed E-state index contributed by atoms with van der Waals surface area (Å²) in [6, 6.07) is 8.59. The zero-order valence-corrected chi connectivity index (χ0v) is 16.5. The van der Waals surface area contributed by atoms with Crippen molar-refractivity contribution in [3.63, 3.8) is 0 Å². The molecule has 0 unspecified atom stereocenters. The molecule has 0 saturated heterocycles. The predicted octanol–water partition coefficient (Wildman–Crippen LogP) is 5.46. The van der Waals surface area contributed by atoms with E-state index in [4.69, 9.17) is 9.97 Å². The lowest BCUT2D eigenvalue weighted by Crippen LogP contribution is -2.21. The van der Waals surface area contributed by atoms with Crippen molar-refractivity contribution in [3.8, 4) is 0 Å². The number of fused-ring (bicyclic) bond motifs is 1. The van der Waals surface area contributed by atoms with Crippen LogP contribution in [0.1, 0.15) is 37.0 Å². The predicted molar refractivity (Wildman–Crippen MR) is 110 cm³/mol. The van der Waals surface area contributed by atoms with Gasteiger partial charge in [-0.05, 0) is 57.5 Å². The number of aromatic nitrogens is 2. The first-order valence-corrected chi connectivity index (χ1v) is 9.77. The molecule has 0 radical (unpaired) electrons. The Balaban J connectivity index is 1.97. The first-order chi connectivity index (χ1) is 12.1. The van der Waals surface area contributed by atoms with Crippen molar-refractivity contribution >= 4 is 38.7 Å². The van der Waals surface area contributed by atoms with Crippen LogP contribution in [0.3, 0.4) is 0 Å². The lowest BCUT2D eigenvalue weighted by Gasteiger charge is -2.21. The molecule has 0 spiro atoms. The molecule has 0 aliphatic heterocycles. The quantitative estimate of drug-likeness (QED) is 0.638. The third kappa shape index (κ3) is 3.47. The summed E-state index contributed by atoms with van der Waals surface area (Å²) in [5, 5.41) is 4.66. The summed E-state index contributed by atoms with van der Waals surface area (Å²) < 4.78 is 0. The lowest BCUT2D eigenvalue weighted by molar-refractivity contribution is 0.866. The van der Waals surface area contributed by atoms with Crippen molar-refractivity contribution in [1.82, 2.24) is 9.97 Å². The molecule has 3 rings (SSSR count). The normalized spacial score (nSPS) is 11.1. The number of hydrogen-bond donors (Lipinski definition) is 1. The monoisotopic (exact) mass is 354 g/mol. The average molecular weight is 355 g/mol. The Bertz CT molecular complexity index is 864. The second kappa shape index (κ2) is 7.40. The van der Waals surface area contributed by atoms with Crippen LogP contribution in [0.15, 0.2) is 24.3 Å². The van der Waals surface area contributed by atoms with Crippen molar-refractivity contribution in [2.24, 2.45) is 0 Å². The van der Waals surface area contributed by atoms with Gasteiger partial charge < -0.3 is 10.2 Å². The Morgan fingerprint density at radius 2 is 1.68 bits per heavy atom. The second-order valence-corrected chi connectivity index (χ2v) is 7.35. The van der Waals surface area contributed by atoms with Crippen LogP contribution in [-0.4, -0.2) is 23.1 Å². The number of hydrogen-bond acceptors (Lipinski definition) is 5. The number of thiophene rings is 1. The molecule has 2 aromatic heterocycles. The molecule has 25 heavy (non-hydrogen) atoms. The van der Waals surface area contributed by atoms with E-state index in [1.165, 1.54) is 16.1 Å². The van der Waals surface area contributed by atoms with Crippen molar-refractivity contribution in [2.45, 2.75) is 41.0 Å². The Hall–Kier alpha value is -2.14. The molecule has 2 heterocycles. The van der Waals surface area contributed by atoms with E-state index >= 15 is 0 Å². The highest BCUT2D eigenvalue weighted by molar-refractivity contribution is 7.18. The van der Waals surface area contributed by atoms with Crippen LogP contribution in [0, 0.1) is 13.8 Å². The van der Waals surface area contributed by atoms with Crippen molar-refractivity contribution < 1.29 is 0 Å². The van der Waals surface area contributed by atoms with E-state index in [2.05, 4.69) is 69.1 Å². The van der Waals surface area contributed by atoms with E-state index < -0.39 is 0 Å². The standard InChI is InChI=1S/C20H26N4S/c1-6-17-22-19(18-13(4)14(5)25-20(18)23-17)21-15-9-11-16(12-10-15)24(7-2)8-3/h9-12H,6-8H2,1-5H3,(H,21,22,23). The minimum absolute atomic E-state index is 0.835. The lowest BCUT2D eigenvalue weighted by atomic mass is 10.2. The molecular formula is C20H26N4S. The smallest absolute Gasteiger partial charge is 0.143 e. The number of nitrogens with one attached hydrogen (secondary N) is 1. The van der Waals surface area contributed by atoms with Gasteiger partial charge in [0.1, 0.15) is 16.5 Å². The minimum atomic E-state index is 0.835. The van der Waals surface area contributed by atoms with Crippen LogP contribution < -0.4 is 10.2 Å². The Morgan fingerprint density at radius 3 is 2.28 bits per heavy atom. The minimum Gasteiger partial charge on any atom is -0.372 e. The SMILES string of the molecule is CCc1nc(Nc2ccc(N(CC)CC)cc2)c2c(C)c(C)sc2n1. The van der Waals surface area contributed by atoms with Gasteiger partial charge in [0.15, 0.2) is 0 Å². The van der Waals surface area contributed by atoms with Crippen LogP contribution in [-0.2, 0) is 6.42 Å². The van der Waals surface area contributed by atoms with Crippen molar-refractivity contribution in [2.75, 3.05) is 23.3 Å². The first-order valence-electron chi connectivity index (χ1n) is 8.95. The summed E-state index contributed by atoms with van der Waals surface area (Å²) in [7, 11) is 0. The topological polar surface area (TPSA) is 41.1 Å². The summed E-state index contributed by atoms with van der Waals surface area (Å²) in [6.45, 7) is 12.8. The van der Waals surface area contributed by atoms with Crippen molar-refractivity contribution in [3.05, 3.63) is 40.5 Å². The van der Waals surface area contributed by atoms with E-state index in [1.807, 2.05) is 0 Å². The number of rotatable bonds is 6. The summed E-state index contributed by atoms with van der Waals surface area (Å²) >= 11 is 1.75. The van der Waals surface area contributed by atoms with Gasteiger partial charge in [-0.2, -0.15) is 0 Å². The number of benzene rings is 1. The molecule has 0 aliphatic carbocycles. The van der Waals surface area contributed by atoms with E-state index in [1.54, 1.807) is 11.3 Å². The molecule has 1 N–H and O–H groups in total. The maximum Gasteiger partial charge on any atom is 0.143 e. The van der Waals surface area contributed by atoms with Gasteiger partial charge in [-0.25, -0.2) is 9.97 Å². The number of anilines is 3. The van der Waals surface area contributed by atoms with Crippen LogP contribution in [0.25, 0.3) is 10.2 Å². The summed E-state index contributed by atoms with van der Waals surface area (Å²) in [5.41, 5.74) is 3.58. The highest BCUT2D eigenvalue weighted by atomic mass is 32.1. The van der Waals surface area contributed by atoms with Gasteiger partial charge in [-0.15, -0.1) is 11.3 Å². The molecule has 0 bridgehead atoms. The zero-order chi connectivity index (χ0) is 18.0. The molecule has 0 fully saturated rings. The molecular weight excluding hydrogens is 328 g/mol. The van der Waals surface area contributed by atoms with Gasteiger partial charge in [0, 0.05) is 35.8 Å². The second-order valence-electron chi connectivity index (χ2n) is 6.15. The molecule has 3 aromatic rings. The molecule has 5 heteroatoms. The summed E-state index contributed by atoms with van der Waals surface area (Å²) in [4.78, 5) is 14.2. The van der Waals surface area contributed by atoms with E-state index in [9.17, 15) is 0 Å². The largest absolute Gasteiger partial charge is 0.372 e. The van der Waals surface area contributed by atoms with Crippen LogP contribution >= 0.6 is 11.3 Å². The third-order valence-electron chi connectivity index (χ3n) is 4.65. The molecule has 0 aliphatic rings. The molecule has 0 amide bonds. The van der Waals surface area contributed by atoms with E-state index in [-0.39, 0.29) is 0 Å². The van der Waals surface area contributed by atoms with Crippen LogP contribution in [0.2, 0.25) is 0 Å². The van der Waals surface area contributed by atoms with Gasteiger partial charge in [-0.1, -0.05) is 6.92 Å². The average Bonchev–Trinajstić information content (AvgIpc) is 2.91. The summed E-state index contributed by atoms with van der Waals surface area (Å²) in [6.07, 6.45) is 0.835. The Morgan fingerprint density at radius 1 is 1.00 bits per heavy atom. The van der Waals surface area contributed by atoms with Gasteiger partial charge in [0.2, 0.25) is 0 Å². The highest BCUT2D eigenvalue weighted by Gasteiger charge is 2.14. The molecule has 0 saturated carbocycles. The molecule has 132 valence electrons. The van der Waals surface area contributed by atoms with Gasteiger partial charge >= 0.3 is 0 Å². The Labute approximate surface area is 153 Å². The van der Waals surface area contributed by atoms with Crippen LogP contribution in [0.4, 0.5) is 17.2 Å². The number of aryl methyl sites for hydroxylation is 3. The zero-order valence-electron chi connectivity index (χ0n) is 15.7. The Kier molecular flexibility index (Phi) is 5.23. The van der Waals surface area contributed by atoms with E-state index in [0.717, 1.165) is 47.1 Å². The fourth-order valence-corrected chi connectivity index (χ4v) is 4.07. The number of nitrogens with zero attached hydrogens (tertiary/aromatic N) is 3. The first kappa shape index (κ1) is 17.7. The maximum atomic E-state index is 4.75. The van der Waals surface area contributed by atoms with Crippen molar-refractivity contribution in [1.29, 1.82) is 0 Å². The fraction of sp³-hybridized carbons (Fsp3) is 0.400. The molecule has 0 atom stereocenters. The van der Waals surface area contributed by atoms with Gasteiger partial charge in [0.05, 0.1) is 5.39 Å².